The van der Waals surface area contributed by atoms with Gasteiger partial charge in [-0.25, -0.2) is 36.4 Å². The Labute approximate surface area is 234 Å². The highest BCUT2D eigenvalue weighted by molar-refractivity contribution is 7.91. The van der Waals surface area contributed by atoms with E-state index in [4.69, 9.17) is 0 Å². The summed E-state index contributed by atoms with van der Waals surface area (Å²) in [4.78, 5) is 21.4. The Morgan fingerprint density at radius 3 is 2.41 bits per heavy atom. The molecular weight excluding hydrogens is 595 g/mol. The summed E-state index contributed by atoms with van der Waals surface area (Å²) >= 11 is 0.627. The van der Waals surface area contributed by atoms with Crippen molar-refractivity contribution in [3.05, 3.63) is 58.5 Å². The zero-order chi connectivity index (χ0) is 30.5. The van der Waals surface area contributed by atoms with E-state index in [1.165, 1.54) is 27.7 Å². The monoisotopic (exact) mass is 618 g/mol. The molecule has 0 bridgehead atoms. The molecule has 17 heteroatoms. The van der Waals surface area contributed by atoms with E-state index >= 15 is 0 Å². The van der Waals surface area contributed by atoms with Crippen molar-refractivity contribution in [2.24, 2.45) is 0 Å². The van der Waals surface area contributed by atoms with Crippen molar-refractivity contribution >= 4 is 38.0 Å². The Balaban J connectivity index is 1.72. The van der Waals surface area contributed by atoms with Crippen LogP contribution in [0.15, 0.2) is 34.7 Å². The van der Waals surface area contributed by atoms with Crippen LogP contribution in [0.25, 0.3) is 16.9 Å². The van der Waals surface area contributed by atoms with Gasteiger partial charge < -0.3 is 5.11 Å². The molecule has 1 amide bonds. The number of anilines is 1. The largest absolute Gasteiger partial charge is 0.416 e. The number of aliphatic hydroxyl groups excluding tert-OH is 1. The van der Waals surface area contributed by atoms with Crippen molar-refractivity contribution in [1.29, 1.82) is 0 Å². The number of nitrogens with one attached hydrogen (secondary N) is 2. The first-order chi connectivity index (χ1) is 18.9. The summed E-state index contributed by atoms with van der Waals surface area (Å²) in [5.41, 5.74) is -3.39. The normalized spacial score (nSPS) is 12.9. The number of benzene rings is 1. The molecule has 0 saturated heterocycles. The molecule has 1 aromatic carbocycles. The van der Waals surface area contributed by atoms with E-state index in [0.717, 1.165) is 35.0 Å². The highest BCUT2D eigenvalue weighted by atomic mass is 32.2. The minimum atomic E-state index is -4.61. The van der Waals surface area contributed by atoms with Gasteiger partial charge in [-0.1, -0.05) is 17.4 Å². The second-order valence-corrected chi connectivity index (χ2v) is 12.6. The molecule has 0 radical (unpaired) electrons. The molecule has 0 atom stereocenters. The smallest absolute Gasteiger partial charge is 0.394 e. The van der Waals surface area contributed by atoms with Crippen LogP contribution in [-0.2, 0) is 16.2 Å². The molecule has 10 nitrogen and oxygen atoms in total. The van der Waals surface area contributed by atoms with Crippen LogP contribution in [-0.4, -0.2) is 51.2 Å². The SMILES string of the molecule is Cc1cc(-c2cc(C(F)F)n3ncc(C(=O)Nc4nc(C)c(S(=O)(=O)NC(C)(C)CO)s4)c3n2)ccc1C(F)(F)F. The number of sulfonamides is 1. The predicted molar refractivity (Wildman–Crippen MR) is 139 cm³/mol. The van der Waals surface area contributed by atoms with Crippen molar-refractivity contribution in [3.63, 3.8) is 0 Å². The lowest BCUT2D eigenvalue weighted by atomic mass is 10.0. The van der Waals surface area contributed by atoms with E-state index in [1.807, 2.05) is 0 Å². The van der Waals surface area contributed by atoms with Crippen LogP contribution < -0.4 is 10.0 Å². The van der Waals surface area contributed by atoms with Crippen LogP contribution >= 0.6 is 11.3 Å². The Morgan fingerprint density at radius 1 is 1.15 bits per heavy atom. The number of alkyl halides is 5. The molecule has 0 aliphatic heterocycles. The fourth-order valence-electron chi connectivity index (χ4n) is 3.88. The quantitative estimate of drug-likeness (QED) is 0.243. The molecule has 4 rings (SSSR count). The average Bonchev–Trinajstić information content (AvgIpc) is 3.45. The number of hydrogen-bond acceptors (Lipinski definition) is 8. The van der Waals surface area contributed by atoms with Crippen LogP contribution in [0.4, 0.5) is 27.1 Å². The molecule has 0 aliphatic rings. The van der Waals surface area contributed by atoms with E-state index < -0.39 is 51.9 Å². The van der Waals surface area contributed by atoms with Crippen molar-refractivity contribution < 1.29 is 40.3 Å². The van der Waals surface area contributed by atoms with Gasteiger partial charge in [0, 0.05) is 5.56 Å². The molecule has 0 spiro atoms. The van der Waals surface area contributed by atoms with Crippen molar-refractivity contribution in [1.82, 2.24) is 24.3 Å². The molecule has 3 heterocycles. The Morgan fingerprint density at radius 2 is 1.83 bits per heavy atom. The maximum Gasteiger partial charge on any atom is 0.416 e. The van der Waals surface area contributed by atoms with E-state index in [0.29, 0.717) is 11.3 Å². The van der Waals surface area contributed by atoms with Crippen LogP contribution in [0.2, 0.25) is 0 Å². The van der Waals surface area contributed by atoms with E-state index in [9.17, 15) is 40.3 Å². The fourth-order valence-corrected chi connectivity index (χ4v) is 6.70. The topological polar surface area (TPSA) is 139 Å². The second kappa shape index (κ2) is 10.7. The summed E-state index contributed by atoms with van der Waals surface area (Å²) in [5, 5.41) is 15.5. The first-order valence-electron chi connectivity index (χ1n) is 11.7. The number of aryl methyl sites for hydroxylation is 2. The molecule has 0 aliphatic carbocycles. The summed E-state index contributed by atoms with van der Waals surface area (Å²) in [5.74, 6) is -0.894. The summed E-state index contributed by atoms with van der Waals surface area (Å²) < 4.78 is 95.9. The Bertz CT molecular complexity index is 1750. The van der Waals surface area contributed by atoms with Crippen LogP contribution in [0, 0.1) is 13.8 Å². The third-order valence-electron chi connectivity index (χ3n) is 5.82. The Hall–Kier alpha value is -3.54. The van der Waals surface area contributed by atoms with E-state index in [2.05, 4.69) is 25.1 Å². The number of carbonyl (C=O) groups excluding carboxylic acids is 1. The van der Waals surface area contributed by atoms with Gasteiger partial charge in [0.2, 0.25) is 0 Å². The third kappa shape index (κ3) is 6.22. The van der Waals surface area contributed by atoms with E-state index in [1.54, 1.807) is 0 Å². The van der Waals surface area contributed by atoms with Gasteiger partial charge in [-0.2, -0.15) is 18.3 Å². The molecule has 0 unspecified atom stereocenters. The van der Waals surface area contributed by atoms with Gasteiger partial charge in [-0.3, -0.25) is 10.1 Å². The number of amides is 1. The molecule has 4 aromatic rings. The third-order valence-corrected chi connectivity index (χ3v) is 9.20. The molecule has 3 N–H and O–H groups in total. The highest BCUT2D eigenvalue weighted by Crippen LogP contribution is 2.35. The number of aliphatic hydroxyl groups is 1. The van der Waals surface area contributed by atoms with Crippen LogP contribution in [0.5, 0.6) is 0 Å². The summed E-state index contributed by atoms with van der Waals surface area (Å²) in [6.07, 6.45) is -6.70. The summed E-state index contributed by atoms with van der Waals surface area (Å²) in [6.45, 7) is 5.08. The van der Waals surface area contributed by atoms with Crippen molar-refractivity contribution in [2.45, 2.75) is 50.0 Å². The number of rotatable bonds is 8. The maximum absolute atomic E-state index is 13.9. The lowest BCUT2D eigenvalue weighted by molar-refractivity contribution is -0.138. The number of thiazole rings is 1. The molecule has 220 valence electrons. The molecule has 0 fully saturated rings. The summed E-state index contributed by atoms with van der Waals surface area (Å²) in [7, 11) is -4.12. The van der Waals surface area contributed by atoms with Crippen LogP contribution in [0.1, 0.15) is 53.1 Å². The van der Waals surface area contributed by atoms with Gasteiger partial charge in [0.15, 0.2) is 15.0 Å². The number of halogens is 5. The highest BCUT2D eigenvalue weighted by Gasteiger charge is 2.33. The summed E-state index contributed by atoms with van der Waals surface area (Å²) in [6, 6.07) is 4.03. The van der Waals surface area contributed by atoms with Gasteiger partial charge in [-0.15, -0.1) is 0 Å². The molecule has 0 saturated carbocycles. The lowest BCUT2D eigenvalue weighted by Crippen LogP contribution is -2.46. The zero-order valence-electron chi connectivity index (χ0n) is 21.8. The number of aromatic nitrogens is 4. The van der Waals surface area contributed by atoms with Gasteiger partial charge in [-0.05, 0) is 51.5 Å². The van der Waals surface area contributed by atoms with Gasteiger partial charge in [0.25, 0.3) is 22.4 Å². The molecular formula is C24H23F5N6O4S2. The average molecular weight is 619 g/mol. The zero-order valence-corrected chi connectivity index (χ0v) is 23.5. The maximum atomic E-state index is 13.9. The minimum Gasteiger partial charge on any atom is -0.394 e. The number of hydrogen-bond donors (Lipinski definition) is 3. The fraction of sp³-hybridized carbons (Fsp3) is 0.333. The van der Waals surface area contributed by atoms with Crippen molar-refractivity contribution in [2.75, 3.05) is 11.9 Å². The number of carbonyl (C=O) groups is 1. The van der Waals surface area contributed by atoms with Gasteiger partial charge in [0.05, 0.1) is 35.3 Å². The number of fused-ring (bicyclic) bond motifs is 1. The minimum absolute atomic E-state index is 0.0597. The first-order valence-corrected chi connectivity index (χ1v) is 14.0. The molecule has 41 heavy (non-hydrogen) atoms. The predicted octanol–water partition coefficient (Wildman–Crippen LogP) is 4.73. The van der Waals surface area contributed by atoms with Gasteiger partial charge in [0.1, 0.15) is 11.3 Å². The standard InChI is InChI=1S/C24H23F5N6O4S2/c1-11-7-13(5-6-15(11)24(27,28)29)16-8-17(18(25)26)35-19(32-16)14(9-30-35)20(37)33-22-31-12(2)21(40-22)41(38,39)34-23(3,4)10-36/h5-9,18,34,36H,10H2,1-4H3,(H,31,33,37). The van der Waals surface area contributed by atoms with Crippen LogP contribution in [0.3, 0.4) is 0 Å². The molecule has 3 aromatic heterocycles. The number of nitrogens with zero attached hydrogens (tertiary/aromatic N) is 4. The second-order valence-electron chi connectivity index (χ2n) is 9.68. The van der Waals surface area contributed by atoms with Gasteiger partial charge >= 0.3 is 6.18 Å². The Kier molecular flexibility index (Phi) is 7.94. The lowest BCUT2D eigenvalue weighted by Gasteiger charge is -2.22. The van der Waals surface area contributed by atoms with Crippen molar-refractivity contribution in [3.8, 4) is 11.3 Å². The van der Waals surface area contributed by atoms with E-state index in [-0.39, 0.29) is 43.1 Å². The first kappa shape index (κ1) is 30.4.